The first-order valence-electron chi connectivity index (χ1n) is 10.4. The van der Waals surface area contributed by atoms with Crippen molar-refractivity contribution in [2.45, 2.75) is 72.3 Å². The number of aliphatic hydroxyl groups excluding tert-OH is 1. The molecule has 5 nitrogen and oxygen atoms in total. The van der Waals surface area contributed by atoms with Crippen molar-refractivity contribution in [1.29, 1.82) is 0 Å². The smallest absolute Gasteiger partial charge is 0.334 e. The van der Waals surface area contributed by atoms with Crippen LogP contribution in [0.3, 0.4) is 0 Å². The van der Waals surface area contributed by atoms with Crippen LogP contribution in [0.2, 0.25) is 0 Å². The Labute approximate surface area is 162 Å². The van der Waals surface area contributed by atoms with Gasteiger partial charge in [-0.05, 0) is 49.4 Å². The van der Waals surface area contributed by atoms with Crippen LogP contribution in [0, 0.1) is 28.6 Å². The largest absolute Gasteiger partial charge is 0.466 e. The van der Waals surface area contributed by atoms with Crippen LogP contribution < -0.4 is 0 Å². The minimum absolute atomic E-state index is 0.0299. The summed E-state index contributed by atoms with van der Waals surface area (Å²) >= 11 is 0. The van der Waals surface area contributed by atoms with E-state index in [0.29, 0.717) is 18.4 Å². The summed E-state index contributed by atoms with van der Waals surface area (Å²) in [6.45, 7) is 8.76. The minimum Gasteiger partial charge on any atom is -0.466 e. The lowest BCUT2D eigenvalue weighted by atomic mass is 9.46. The predicted molar refractivity (Wildman–Crippen MR) is 102 cm³/mol. The van der Waals surface area contributed by atoms with Gasteiger partial charge in [-0.1, -0.05) is 33.3 Å². The summed E-state index contributed by atoms with van der Waals surface area (Å²) < 4.78 is 11.2. The minimum atomic E-state index is -0.257. The molecule has 2 fully saturated rings. The van der Waals surface area contributed by atoms with Gasteiger partial charge in [0.25, 0.3) is 0 Å². The number of allylic oxidation sites excluding steroid dienone is 1. The quantitative estimate of drug-likeness (QED) is 0.685. The van der Waals surface area contributed by atoms with Gasteiger partial charge < -0.3 is 14.6 Å². The molecule has 0 radical (unpaired) electrons. The van der Waals surface area contributed by atoms with E-state index in [4.69, 9.17) is 9.47 Å². The standard InChI is InChI=1S/C22H34O5/c1-14(9-11-23)8-10-21(3)16(13-26-15(2)24)12-19-22(4)17(20(25)27-19)6-5-7-18(21)22/h6,14,16,18-19,23H,5,7-13H2,1-4H3. The Morgan fingerprint density at radius 1 is 1.41 bits per heavy atom. The average molecular weight is 379 g/mol. The molecule has 3 aliphatic rings. The first-order chi connectivity index (χ1) is 12.7. The van der Waals surface area contributed by atoms with Gasteiger partial charge in [0, 0.05) is 30.4 Å². The molecule has 6 unspecified atom stereocenters. The Hall–Kier alpha value is -1.36. The van der Waals surface area contributed by atoms with Crippen molar-refractivity contribution in [3.05, 3.63) is 11.6 Å². The molecule has 6 atom stereocenters. The van der Waals surface area contributed by atoms with E-state index in [2.05, 4.69) is 26.8 Å². The number of hydrogen-bond donors (Lipinski definition) is 1. The third-order valence-electron chi connectivity index (χ3n) is 7.76. The van der Waals surface area contributed by atoms with Gasteiger partial charge in [0.05, 0.1) is 6.61 Å². The normalized spacial score (nSPS) is 38.6. The van der Waals surface area contributed by atoms with E-state index >= 15 is 0 Å². The molecule has 1 saturated carbocycles. The number of esters is 2. The number of hydrogen-bond acceptors (Lipinski definition) is 5. The van der Waals surface area contributed by atoms with Gasteiger partial charge in [0.15, 0.2) is 0 Å². The number of ether oxygens (including phenoxy) is 2. The fourth-order valence-electron chi connectivity index (χ4n) is 6.01. The Balaban J connectivity index is 1.91. The highest BCUT2D eigenvalue weighted by atomic mass is 16.6. The van der Waals surface area contributed by atoms with Crippen LogP contribution >= 0.6 is 0 Å². The maximum atomic E-state index is 12.5. The summed E-state index contributed by atoms with van der Waals surface area (Å²) in [5.41, 5.74) is 0.596. The zero-order chi connectivity index (χ0) is 19.8. The van der Waals surface area contributed by atoms with Crippen molar-refractivity contribution >= 4 is 11.9 Å². The monoisotopic (exact) mass is 378 g/mol. The van der Waals surface area contributed by atoms with E-state index in [0.717, 1.165) is 44.1 Å². The molecule has 1 aliphatic heterocycles. The van der Waals surface area contributed by atoms with Gasteiger partial charge in [-0.25, -0.2) is 4.79 Å². The van der Waals surface area contributed by atoms with E-state index in [1.54, 1.807) is 0 Å². The average Bonchev–Trinajstić information content (AvgIpc) is 2.86. The van der Waals surface area contributed by atoms with Crippen molar-refractivity contribution < 1.29 is 24.2 Å². The summed E-state index contributed by atoms with van der Waals surface area (Å²) in [7, 11) is 0. The zero-order valence-corrected chi connectivity index (χ0v) is 17.1. The van der Waals surface area contributed by atoms with Crippen molar-refractivity contribution in [2.24, 2.45) is 28.6 Å². The highest BCUT2D eigenvalue weighted by Crippen LogP contribution is 2.65. The summed E-state index contributed by atoms with van der Waals surface area (Å²) in [6, 6.07) is 0. The highest BCUT2D eigenvalue weighted by molar-refractivity contribution is 5.93. The fraction of sp³-hybridized carbons (Fsp3) is 0.818. The molecular weight excluding hydrogens is 344 g/mol. The van der Waals surface area contributed by atoms with Gasteiger partial charge >= 0.3 is 11.9 Å². The highest BCUT2D eigenvalue weighted by Gasteiger charge is 2.65. The number of carbonyl (C=O) groups is 2. The van der Waals surface area contributed by atoms with E-state index in [1.165, 1.54) is 6.92 Å². The molecule has 0 spiro atoms. The summed E-state index contributed by atoms with van der Waals surface area (Å²) in [6.07, 6.45) is 7.49. The Morgan fingerprint density at radius 2 is 2.15 bits per heavy atom. The molecule has 2 aliphatic carbocycles. The van der Waals surface area contributed by atoms with Crippen molar-refractivity contribution in [2.75, 3.05) is 13.2 Å². The van der Waals surface area contributed by atoms with Gasteiger partial charge in [-0.2, -0.15) is 0 Å². The maximum Gasteiger partial charge on any atom is 0.334 e. The van der Waals surface area contributed by atoms with Crippen LogP contribution in [0.1, 0.15) is 66.2 Å². The number of rotatable bonds is 7. The lowest BCUT2D eigenvalue weighted by Crippen LogP contribution is -2.56. The van der Waals surface area contributed by atoms with Gasteiger partial charge in [0.2, 0.25) is 0 Å². The van der Waals surface area contributed by atoms with Gasteiger partial charge in [-0.3, -0.25) is 4.79 Å². The second-order valence-corrected chi connectivity index (χ2v) is 9.32. The molecule has 0 bridgehead atoms. The predicted octanol–water partition coefficient (Wildman–Crippen LogP) is 3.64. The van der Waals surface area contributed by atoms with Crippen molar-refractivity contribution in [3.63, 3.8) is 0 Å². The molecular formula is C22H34O5. The summed E-state index contributed by atoms with van der Waals surface area (Å²) in [5.74, 6) is 0.545. The number of aliphatic hydroxyl groups is 1. The second-order valence-electron chi connectivity index (χ2n) is 9.32. The summed E-state index contributed by atoms with van der Waals surface area (Å²) in [5, 5.41) is 9.25. The van der Waals surface area contributed by atoms with Crippen LogP contribution in [0.4, 0.5) is 0 Å². The topological polar surface area (TPSA) is 72.8 Å². The maximum absolute atomic E-state index is 12.5. The van der Waals surface area contributed by atoms with Crippen LogP contribution in [0.15, 0.2) is 11.6 Å². The van der Waals surface area contributed by atoms with Crippen LogP contribution in [-0.4, -0.2) is 36.4 Å². The molecule has 0 aromatic carbocycles. The first kappa shape index (κ1) is 20.4. The lowest BCUT2D eigenvalue weighted by Gasteiger charge is -2.57. The molecule has 1 saturated heterocycles. The Morgan fingerprint density at radius 3 is 2.81 bits per heavy atom. The van der Waals surface area contributed by atoms with Crippen molar-refractivity contribution in [1.82, 2.24) is 0 Å². The number of carbonyl (C=O) groups excluding carboxylic acids is 2. The SMILES string of the molecule is CC(=O)OCC1CC2OC(=O)C3=CCCC(C1(C)CCC(C)CCO)C32C. The molecule has 0 aromatic rings. The molecule has 3 rings (SSSR count). The molecule has 0 aromatic heterocycles. The zero-order valence-electron chi connectivity index (χ0n) is 17.1. The fourth-order valence-corrected chi connectivity index (χ4v) is 6.01. The third-order valence-corrected chi connectivity index (χ3v) is 7.76. The molecule has 0 amide bonds. The first-order valence-corrected chi connectivity index (χ1v) is 10.4. The van der Waals surface area contributed by atoms with Crippen LogP contribution in [-0.2, 0) is 19.1 Å². The van der Waals surface area contributed by atoms with E-state index in [9.17, 15) is 14.7 Å². The molecule has 1 heterocycles. The van der Waals surface area contributed by atoms with Crippen molar-refractivity contribution in [3.8, 4) is 0 Å². The van der Waals surface area contributed by atoms with Crippen LogP contribution in [0.25, 0.3) is 0 Å². The van der Waals surface area contributed by atoms with E-state index < -0.39 is 0 Å². The van der Waals surface area contributed by atoms with Gasteiger partial charge in [0.1, 0.15) is 6.10 Å². The lowest BCUT2D eigenvalue weighted by molar-refractivity contribution is -0.162. The summed E-state index contributed by atoms with van der Waals surface area (Å²) in [4.78, 5) is 23.9. The Kier molecular flexibility index (Phi) is 5.72. The molecule has 5 heteroatoms. The van der Waals surface area contributed by atoms with Crippen LogP contribution in [0.5, 0.6) is 0 Å². The van der Waals surface area contributed by atoms with E-state index in [-0.39, 0.29) is 41.4 Å². The molecule has 152 valence electrons. The molecule has 1 N–H and O–H groups in total. The molecule has 27 heavy (non-hydrogen) atoms. The van der Waals surface area contributed by atoms with Gasteiger partial charge in [-0.15, -0.1) is 0 Å². The second kappa shape index (κ2) is 7.57. The Bertz CT molecular complexity index is 626. The third kappa shape index (κ3) is 3.43. The van der Waals surface area contributed by atoms with E-state index in [1.807, 2.05) is 0 Å².